The molecule has 0 heteroatoms. The summed E-state index contributed by atoms with van der Waals surface area (Å²) in [6.45, 7) is 2.38. The molecular formula is C9H20. The Morgan fingerprint density at radius 3 is 1.78 bits per heavy atom. The van der Waals surface area contributed by atoms with Gasteiger partial charge in [-0.2, -0.15) is 0 Å². The predicted molar refractivity (Wildman–Crippen MR) is 43.6 cm³/mol. The highest BCUT2D eigenvalue weighted by Gasteiger charge is 2.04. The van der Waals surface area contributed by atoms with E-state index in [4.69, 9.17) is 0 Å². The molecular weight excluding hydrogens is 108 g/mol. The molecule has 1 aliphatic carbocycles. The number of hydrogen-bond acceptors (Lipinski definition) is 0. The van der Waals surface area contributed by atoms with Crippen LogP contribution in [0.2, 0.25) is 0 Å². The van der Waals surface area contributed by atoms with Gasteiger partial charge in [0.25, 0.3) is 0 Å². The van der Waals surface area contributed by atoms with Crippen molar-refractivity contribution in [2.45, 2.75) is 52.9 Å². The van der Waals surface area contributed by atoms with Crippen molar-refractivity contribution >= 4 is 0 Å². The van der Waals surface area contributed by atoms with Gasteiger partial charge in [-0.05, 0) is 5.92 Å². The Kier molecular flexibility index (Phi) is 4.84. The second-order valence-electron chi connectivity index (χ2n) is 3.10. The van der Waals surface area contributed by atoms with Crippen LogP contribution in [0.4, 0.5) is 0 Å². The first-order chi connectivity index (χ1) is 3.89. The molecule has 0 N–H and O–H groups in total. The lowest BCUT2D eigenvalue weighted by atomic mass is 10.0. The van der Waals surface area contributed by atoms with Crippen LogP contribution < -0.4 is 0 Å². The molecule has 0 heterocycles. The second-order valence-corrected chi connectivity index (χ2v) is 3.10. The molecule has 0 bridgehead atoms. The maximum absolute atomic E-state index is 2.38. The SMILES string of the molecule is C.CC1CCCCCC1. The average Bonchev–Trinajstić information content (AvgIpc) is 1.94. The van der Waals surface area contributed by atoms with E-state index in [1.807, 2.05) is 0 Å². The van der Waals surface area contributed by atoms with Crippen molar-refractivity contribution in [3.8, 4) is 0 Å². The third-order valence-electron chi connectivity index (χ3n) is 2.14. The fourth-order valence-corrected chi connectivity index (χ4v) is 1.48. The maximum Gasteiger partial charge on any atom is -0.0443 e. The van der Waals surface area contributed by atoms with Crippen molar-refractivity contribution in [3.05, 3.63) is 0 Å². The molecule has 0 aromatic carbocycles. The highest BCUT2D eigenvalue weighted by Crippen LogP contribution is 2.21. The Balaban J connectivity index is 0.000000640. The maximum atomic E-state index is 2.38. The Hall–Kier alpha value is 0. The van der Waals surface area contributed by atoms with E-state index in [1.165, 1.54) is 38.5 Å². The zero-order valence-corrected chi connectivity index (χ0v) is 5.82. The molecule has 1 rings (SSSR count). The van der Waals surface area contributed by atoms with E-state index < -0.39 is 0 Å². The van der Waals surface area contributed by atoms with Gasteiger partial charge >= 0.3 is 0 Å². The van der Waals surface area contributed by atoms with Gasteiger partial charge in [0.05, 0.1) is 0 Å². The van der Waals surface area contributed by atoms with Crippen LogP contribution in [0.5, 0.6) is 0 Å². The molecule has 0 unspecified atom stereocenters. The summed E-state index contributed by atoms with van der Waals surface area (Å²) in [5.74, 6) is 1.03. The third kappa shape index (κ3) is 3.56. The van der Waals surface area contributed by atoms with Crippen LogP contribution in [-0.2, 0) is 0 Å². The molecule has 0 amide bonds. The van der Waals surface area contributed by atoms with Gasteiger partial charge in [0.15, 0.2) is 0 Å². The number of rotatable bonds is 0. The molecule has 0 saturated heterocycles. The minimum Gasteiger partial charge on any atom is -0.0776 e. The molecule has 56 valence electrons. The first-order valence-corrected chi connectivity index (χ1v) is 3.89. The molecule has 0 nitrogen and oxygen atoms in total. The van der Waals surface area contributed by atoms with E-state index in [0.29, 0.717) is 0 Å². The molecule has 1 fully saturated rings. The Labute approximate surface area is 59.7 Å². The lowest BCUT2D eigenvalue weighted by Gasteiger charge is -2.02. The quantitative estimate of drug-likeness (QED) is 0.437. The first kappa shape index (κ1) is 9.00. The third-order valence-corrected chi connectivity index (χ3v) is 2.14. The van der Waals surface area contributed by atoms with Gasteiger partial charge < -0.3 is 0 Å². The molecule has 9 heavy (non-hydrogen) atoms. The monoisotopic (exact) mass is 128 g/mol. The highest BCUT2D eigenvalue weighted by atomic mass is 14.1. The van der Waals surface area contributed by atoms with Crippen LogP contribution in [0.25, 0.3) is 0 Å². The van der Waals surface area contributed by atoms with Crippen molar-refractivity contribution < 1.29 is 0 Å². The summed E-state index contributed by atoms with van der Waals surface area (Å²) in [4.78, 5) is 0. The van der Waals surface area contributed by atoms with Crippen LogP contribution in [0.15, 0.2) is 0 Å². The minimum absolute atomic E-state index is 0. The molecule has 1 aliphatic rings. The van der Waals surface area contributed by atoms with Crippen molar-refractivity contribution in [1.82, 2.24) is 0 Å². The fourth-order valence-electron chi connectivity index (χ4n) is 1.48. The number of hydrogen-bond donors (Lipinski definition) is 0. The average molecular weight is 128 g/mol. The van der Waals surface area contributed by atoms with Gasteiger partial charge in [0, 0.05) is 0 Å². The normalized spacial score (nSPS) is 22.3. The van der Waals surface area contributed by atoms with Gasteiger partial charge in [-0.25, -0.2) is 0 Å². The summed E-state index contributed by atoms with van der Waals surface area (Å²) >= 11 is 0. The summed E-state index contributed by atoms with van der Waals surface area (Å²) < 4.78 is 0. The van der Waals surface area contributed by atoms with E-state index in [2.05, 4.69) is 6.92 Å². The van der Waals surface area contributed by atoms with Gasteiger partial charge in [-0.1, -0.05) is 52.9 Å². The Morgan fingerprint density at radius 1 is 0.889 bits per heavy atom. The van der Waals surface area contributed by atoms with E-state index in [9.17, 15) is 0 Å². The van der Waals surface area contributed by atoms with E-state index in [-0.39, 0.29) is 7.43 Å². The zero-order valence-electron chi connectivity index (χ0n) is 5.82. The molecule has 0 atom stereocenters. The van der Waals surface area contributed by atoms with Crippen molar-refractivity contribution in [2.24, 2.45) is 5.92 Å². The van der Waals surface area contributed by atoms with Crippen LogP contribution in [0.1, 0.15) is 52.9 Å². The molecule has 0 aromatic rings. The summed E-state index contributed by atoms with van der Waals surface area (Å²) in [6.07, 6.45) is 8.93. The highest BCUT2D eigenvalue weighted by molar-refractivity contribution is 4.58. The van der Waals surface area contributed by atoms with Crippen LogP contribution in [0.3, 0.4) is 0 Å². The smallest absolute Gasteiger partial charge is 0.0443 e. The van der Waals surface area contributed by atoms with Gasteiger partial charge in [-0.3, -0.25) is 0 Å². The standard InChI is InChI=1S/C8H16.CH4/c1-8-6-4-2-3-5-7-8;/h8H,2-7H2,1H3;1H4. The molecule has 0 radical (unpaired) electrons. The summed E-state index contributed by atoms with van der Waals surface area (Å²) in [5, 5.41) is 0. The Morgan fingerprint density at radius 2 is 1.33 bits per heavy atom. The van der Waals surface area contributed by atoms with E-state index in [0.717, 1.165) is 5.92 Å². The van der Waals surface area contributed by atoms with Crippen LogP contribution >= 0.6 is 0 Å². The molecule has 0 aliphatic heterocycles. The van der Waals surface area contributed by atoms with Gasteiger partial charge in [0.1, 0.15) is 0 Å². The largest absolute Gasteiger partial charge is 0.0776 e. The van der Waals surface area contributed by atoms with Crippen molar-refractivity contribution in [3.63, 3.8) is 0 Å². The molecule has 0 spiro atoms. The van der Waals surface area contributed by atoms with Gasteiger partial charge in [0.2, 0.25) is 0 Å². The lowest BCUT2D eigenvalue weighted by Crippen LogP contribution is -1.88. The summed E-state index contributed by atoms with van der Waals surface area (Å²) in [6, 6.07) is 0. The van der Waals surface area contributed by atoms with Crippen molar-refractivity contribution in [2.75, 3.05) is 0 Å². The molecule has 1 saturated carbocycles. The Bertz CT molecular complexity index is 49.1. The van der Waals surface area contributed by atoms with Crippen molar-refractivity contribution in [1.29, 1.82) is 0 Å². The predicted octanol–water partition coefficient (Wildman–Crippen LogP) is 3.61. The van der Waals surface area contributed by atoms with Crippen LogP contribution in [-0.4, -0.2) is 0 Å². The van der Waals surface area contributed by atoms with E-state index >= 15 is 0 Å². The van der Waals surface area contributed by atoms with E-state index in [1.54, 1.807) is 0 Å². The topological polar surface area (TPSA) is 0 Å². The first-order valence-electron chi connectivity index (χ1n) is 3.89. The van der Waals surface area contributed by atoms with Crippen LogP contribution in [0, 0.1) is 5.92 Å². The zero-order chi connectivity index (χ0) is 5.82. The lowest BCUT2D eigenvalue weighted by molar-refractivity contribution is 0.505. The fraction of sp³-hybridized carbons (Fsp3) is 1.00. The summed E-state index contributed by atoms with van der Waals surface area (Å²) in [7, 11) is 0. The minimum atomic E-state index is 0. The second kappa shape index (κ2) is 4.84. The van der Waals surface area contributed by atoms with Gasteiger partial charge in [-0.15, -0.1) is 0 Å². The molecule has 0 aromatic heterocycles. The summed E-state index contributed by atoms with van der Waals surface area (Å²) in [5.41, 5.74) is 0.